The molecule has 4 heteroatoms. The molecule has 1 aromatic carbocycles. The van der Waals surface area contributed by atoms with E-state index in [2.05, 4.69) is 29.8 Å². The van der Waals surface area contributed by atoms with Crippen LogP contribution < -0.4 is 4.74 Å². The summed E-state index contributed by atoms with van der Waals surface area (Å²) in [6.07, 6.45) is 3.26. The number of benzene rings is 1. The predicted octanol–water partition coefficient (Wildman–Crippen LogP) is 4.66. The minimum Gasteiger partial charge on any atom is -0.489 e. The summed E-state index contributed by atoms with van der Waals surface area (Å²) in [5, 5.41) is 9.34. The molecule has 0 spiro atoms. The lowest BCUT2D eigenvalue weighted by atomic mass is 9.80. The summed E-state index contributed by atoms with van der Waals surface area (Å²) in [6.45, 7) is 6.41. The molecule has 3 atom stereocenters. The molecule has 0 amide bonds. The maximum atomic E-state index is 11.4. The summed E-state index contributed by atoms with van der Waals surface area (Å²) >= 11 is 3.34. The van der Waals surface area contributed by atoms with E-state index < -0.39 is 5.97 Å². The molecule has 3 unspecified atom stereocenters. The Morgan fingerprint density at radius 2 is 2.00 bits per heavy atom. The zero-order chi connectivity index (χ0) is 14.9. The van der Waals surface area contributed by atoms with Crippen LogP contribution in [0.1, 0.15) is 49.0 Å². The Bertz CT molecular complexity index is 513. The van der Waals surface area contributed by atoms with Crippen LogP contribution in [0, 0.1) is 18.8 Å². The summed E-state index contributed by atoms with van der Waals surface area (Å²) in [6, 6.07) is 3.51. The van der Waals surface area contributed by atoms with Gasteiger partial charge >= 0.3 is 5.97 Å². The van der Waals surface area contributed by atoms with Gasteiger partial charge in [0.05, 0.1) is 6.10 Å². The van der Waals surface area contributed by atoms with Crippen molar-refractivity contribution < 1.29 is 14.6 Å². The highest BCUT2D eigenvalue weighted by molar-refractivity contribution is 9.10. The monoisotopic (exact) mass is 340 g/mol. The number of hydrogen-bond donors (Lipinski definition) is 1. The molecule has 1 aliphatic carbocycles. The van der Waals surface area contributed by atoms with Crippen molar-refractivity contribution in [2.24, 2.45) is 11.8 Å². The van der Waals surface area contributed by atoms with Crippen LogP contribution in [0.5, 0.6) is 5.75 Å². The fourth-order valence-electron chi connectivity index (χ4n) is 2.82. The third-order valence-electron chi connectivity index (χ3n) is 4.30. The van der Waals surface area contributed by atoms with Crippen molar-refractivity contribution >= 4 is 21.9 Å². The molecular formula is C16H21BrO3. The van der Waals surface area contributed by atoms with Crippen molar-refractivity contribution in [2.45, 2.75) is 46.1 Å². The van der Waals surface area contributed by atoms with Crippen LogP contribution in [-0.2, 0) is 0 Å². The van der Waals surface area contributed by atoms with E-state index in [1.165, 1.54) is 0 Å². The fourth-order valence-corrected chi connectivity index (χ4v) is 3.39. The van der Waals surface area contributed by atoms with Crippen LogP contribution in [0.2, 0.25) is 0 Å². The van der Waals surface area contributed by atoms with Crippen LogP contribution in [0.25, 0.3) is 0 Å². The molecule has 1 saturated carbocycles. The molecule has 0 aromatic heterocycles. The van der Waals surface area contributed by atoms with Crippen molar-refractivity contribution in [3.63, 3.8) is 0 Å². The Labute approximate surface area is 128 Å². The Morgan fingerprint density at radius 1 is 1.30 bits per heavy atom. The van der Waals surface area contributed by atoms with Gasteiger partial charge in [-0.1, -0.05) is 29.8 Å². The Kier molecular flexibility index (Phi) is 4.74. The molecule has 3 nitrogen and oxygen atoms in total. The molecule has 1 aliphatic rings. The molecule has 110 valence electrons. The first-order valence-electron chi connectivity index (χ1n) is 7.08. The zero-order valence-corrected chi connectivity index (χ0v) is 13.7. The van der Waals surface area contributed by atoms with Gasteiger partial charge in [-0.15, -0.1) is 0 Å². The molecule has 20 heavy (non-hydrogen) atoms. The number of halogens is 1. The summed E-state index contributed by atoms with van der Waals surface area (Å²) in [4.78, 5) is 11.4. The van der Waals surface area contributed by atoms with Gasteiger partial charge < -0.3 is 9.84 Å². The van der Waals surface area contributed by atoms with Crippen LogP contribution in [0.15, 0.2) is 16.6 Å². The lowest BCUT2D eigenvalue weighted by molar-refractivity contribution is 0.0674. The van der Waals surface area contributed by atoms with Gasteiger partial charge in [0.25, 0.3) is 0 Å². The molecule has 1 N–H and O–H groups in total. The standard InChI is InChI=1S/C16H21BrO3/c1-9-4-5-13(7-10(9)2)20-15-11(3)6-12(17)8-14(15)16(18)19/h6,8-10,13H,4-5,7H2,1-3H3,(H,18,19). The minimum atomic E-state index is -0.943. The fraction of sp³-hybridized carbons (Fsp3) is 0.562. The van der Waals surface area contributed by atoms with E-state index in [0.717, 1.165) is 35.2 Å². The van der Waals surface area contributed by atoms with E-state index in [1.807, 2.05) is 13.0 Å². The number of aromatic carboxylic acids is 1. The highest BCUT2D eigenvalue weighted by Crippen LogP contribution is 2.35. The number of carbonyl (C=O) groups is 1. The number of carboxylic acids is 1. The second-order valence-corrected chi connectivity index (χ2v) is 6.83. The van der Waals surface area contributed by atoms with Crippen LogP contribution in [0.4, 0.5) is 0 Å². The third-order valence-corrected chi connectivity index (χ3v) is 4.76. The average molecular weight is 341 g/mol. The Hall–Kier alpha value is -1.03. The Morgan fingerprint density at radius 3 is 2.60 bits per heavy atom. The highest BCUT2D eigenvalue weighted by Gasteiger charge is 2.27. The quantitative estimate of drug-likeness (QED) is 0.870. The van der Waals surface area contributed by atoms with Crippen molar-refractivity contribution in [2.75, 3.05) is 0 Å². The maximum absolute atomic E-state index is 11.4. The van der Waals surface area contributed by atoms with Gasteiger partial charge in [-0.05, 0) is 55.7 Å². The van der Waals surface area contributed by atoms with Gasteiger partial charge in [-0.2, -0.15) is 0 Å². The summed E-state index contributed by atoms with van der Waals surface area (Å²) in [7, 11) is 0. The van der Waals surface area contributed by atoms with Gasteiger partial charge in [0.15, 0.2) is 0 Å². The molecule has 0 radical (unpaired) electrons. The lowest BCUT2D eigenvalue weighted by Crippen LogP contribution is -2.29. The zero-order valence-electron chi connectivity index (χ0n) is 12.1. The molecule has 0 aliphatic heterocycles. The van der Waals surface area contributed by atoms with Crippen molar-refractivity contribution in [1.29, 1.82) is 0 Å². The average Bonchev–Trinajstić information content (AvgIpc) is 2.36. The number of ether oxygens (including phenoxy) is 1. The van der Waals surface area contributed by atoms with E-state index in [0.29, 0.717) is 11.7 Å². The van der Waals surface area contributed by atoms with Gasteiger partial charge in [-0.3, -0.25) is 0 Å². The van der Waals surface area contributed by atoms with Gasteiger partial charge in [0, 0.05) is 4.47 Å². The minimum absolute atomic E-state index is 0.124. The van der Waals surface area contributed by atoms with E-state index in [4.69, 9.17) is 4.74 Å². The summed E-state index contributed by atoms with van der Waals surface area (Å²) in [5.74, 6) is 0.923. The normalized spacial score (nSPS) is 26.3. The molecule has 1 aromatic rings. The molecular weight excluding hydrogens is 320 g/mol. The highest BCUT2D eigenvalue weighted by atomic mass is 79.9. The molecule has 0 saturated heterocycles. The summed E-state index contributed by atoms with van der Waals surface area (Å²) < 4.78 is 6.82. The predicted molar refractivity (Wildman–Crippen MR) is 82.4 cm³/mol. The second-order valence-electron chi connectivity index (χ2n) is 5.91. The first-order chi connectivity index (χ1) is 9.38. The van der Waals surface area contributed by atoms with E-state index in [-0.39, 0.29) is 11.7 Å². The number of rotatable bonds is 3. The first kappa shape index (κ1) is 15.4. The smallest absolute Gasteiger partial charge is 0.339 e. The second kappa shape index (κ2) is 6.17. The molecule has 0 heterocycles. The van der Waals surface area contributed by atoms with Gasteiger partial charge in [0.1, 0.15) is 11.3 Å². The van der Waals surface area contributed by atoms with Crippen molar-refractivity contribution in [3.8, 4) is 5.75 Å². The van der Waals surface area contributed by atoms with Crippen LogP contribution in [0.3, 0.4) is 0 Å². The van der Waals surface area contributed by atoms with E-state index in [1.54, 1.807) is 6.07 Å². The molecule has 2 rings (SSSR count). The summed E-state index contributed by atoms with van der Waals surface area (Å²) in [5.41, 5.74) is 1.10. The Balaban J connectivity index is 2.23. The molecule has 1 fully saturated rings. The topological polar surface area (TPSA) is 46.5 Å². The lowest BCUT2D eigenvalue weighted by Gasteiger charge is -2.33. The number of aryl methyl sites for hydroxylation is 1. The third kappa shape index (κ3) is 3.35. The van der Waals surface area contributed by atoms with Gasteiger partial charge in [-0.25, -0.2) is 4.79 Å². The SMILES string of the molecule is Cc1cc(Br)cc(C(=O)O)c1OC1CCC(C)C(C)C1. The van der Waals surface area contributed by atoms with Crippen molar-refractivity contribution in [1.82, 2.24) is 0 Å². The first-order valence-corrected chi connectivity index (χ1v) is 7.88. The number of hydrogen-bond acceptors (Lipinski definition) is 2. The van der Waals surface area contributed by atoms with Gasteiger partial charge in [0.2, 0.25) is 0 Å². The van der Waals surface area contributed by atoms with Crippen LogP contribution in [-0.4, -0.2) is 17.2 Å². The van der Waals surface area contributed by atoms with Crippen molar-refractivity contribution in [3.05, 3.63) is 27.7 Å². The maximum Gasteiger partial charge on any atom is 0.339 e. The van der Waals surface area contributed by atoms with Crippen LogP contribution >= 0.6 is 15.9 Å². The number of carboxylic acid groups (broad SMARTS) is 1. The largest absolute Gasteiger partial charge is 0.489 e. The van der Waals surface area contributed by atoms with E-state index >= 15 is 0 Å². The van der Waals surface area contributed by atoms with E-state index in [9.17, 15) is 9.90 Å². The molecule has 0 bridgehead atoms.